The summed E-state index contributed by atoms with van der Waals surface area (Å²) in [4.78, 5) is 10.9. The topological polar surface area (TPSA) is 26.3 Å². The van der Waals surface area contributed by atoms with Crippen molar-refractivity contribution in [2.75, 3.05) is 0 Å². The number of aldehydes is 1. The van der Waals surface area contributed by atoms with E-state index in [-0.39, 0.29) is 15.6 Å². The van der Waals surface area contributed by atoms with Crippen molar-refractivity contribution in [2.45, 2.75) is 6.36 Å². The summed E-state index contributed by atoms with van der Waals surface area (Å²) in [7, 11) is 0. The van der Waals surface area contributed by atoms with Crippen LogP contribution in [0, 0.1) is 0 Å². The lowest BCUT2D eigenvalue weighted by Gasteiger charge is -2.08. The van der Waals surface area contributed by atoms with E-state index in [0.717, 1.165) is 17.4 Å². The quantitative estimate of drug-likeness (QED) is 0.768. The van der Waals surface area contributed by atoms with Crippen molar-refractivity contribution in [3.8, 4) is 5.75 Å². The van der Waals surface area contributed by atoms with Gasteiger partial charge in [-0.2, -0.15) is 0 Å². The van der Waals surface area contributed by atoms with Crippen LogP contribution in [0.2, 0.25) is 5.02 Å². The van der Waals surface area contributed by atoms with Crippen molar-refractivity contribution < 1.29 is 22.7 Å². The van der Waals surface area contributed by atoms with Gasteiger partial charge in [0.25, 0.3) is 0 Å². The first-order valence-corrected chi connectivity index (χ1v) is 5.53. The molecule has 2 rings (SSSR count). The summed E-state index contributed by atoms with van der Waals surface area (Å²) in [5, 5.41) is 0.784. The Balaban J connectivity index is 2.48. The van der Waals surface area contributed by atoms with Crippen molar-refractivity contribution in [2.24, 2.45) is 0 Å². The van der Waals surface area contributed by atoms with E-state index in [0.29, 0.717) is 16.4 Å². The smallest absolute Gasteiger partial charge is 0.406 e. The average molecular weight is 281 g/mol. The van der Waals surface area contributed by atoms with Crippen molar-refractivity contribution in [3.63, 3.8) is 0 Å². The molecule has 0 unspecified atom stereocenters. The zero-order valence-electron chi connectivity index (χ0n) is 8.05. The van der Waals surface area contributed by atoms with Crippen LogP contribution in [0.25, 0.3) is 10.1 Å². The number of hydrogen-bond donors (Lipinski definition) is 0. The summed E-state index contributed by atoms with van der Waals surface area (Å²) in [6.45, 7) is 0. The van der Waals surface area contributed by atoms with Gasteiger partial charge in [0.1, 0.15) is 5.75 Å². The minimum Gasteiger partial charge on any atom is -0.406 e. The van der Waals surface area contributed by atoms with Crippen LogP contribution in [0.15, 0.2) is 18.2 Å². The van der Waals surface area contributed by atoms with Gasteiger partial charge in [-0.25, -0.2) is 0 Å². The first-order chi connectivity index (χ1) is 7.90. The molecule has 0 aliphatic carbocycles. The van der Waals surface area contributed by atoms with Gasteiger partial charge >= 0.3 is 6.36 Å². The molecule has 2 nitrogen and oxygen atoms in total. The zero-order chi connectivity index (χ0) is 12.6. The number of ether oxygens (including phenoxy) is 1. The second kappa shape index (κ2) is 4.19. The summed E-state index contributed by atoms with van der Waals surface area (Å²) in [5.41, 5.74) is 0. The van der Waals surface area contributed by atoms with Gasteiger partial charge in [0.05, 0.1) is 9.90 Å². The summed E-state index contributed by atoms with van der Waals surface area (Å²) in [6, 6.07) is 3.75. The molecule has 7 heteroatoms. The monoisotopic (exact) mass is 280 g/mol. The van der Waals surface area contributed by atoms with E-state index in [2.05, 4.69) is 4.74 Å². The van der Waals surface area contributed by atoms with Crippen LogP contribution in [0.4, 0.5) is 13.2 Å². The molecule has 0 N–H and O–H groups in total. The van der Waals surface area contributed by atoms with Crippen LogP contribution in [-0.4, -0.2) is 12.6 Å². The fraction of sp³-hybridized carbons (Fsp3) is 0.100. The predicted octanol–water partition coefficient (Wildman–Crippen LogP) is 4.27. The van der Waals surface area contributed by atoms with Crippen molar-refractivity contribution in [1.29, 1.82) is 0 Å². The van der Waals surface area contributed by atoms with Crippen molar-refractivity contribution in [1.82, 2.24) is 0 Å². The average Bonchev–Trinajstić information content (AvgIpc) is 2.52. The van der Waals surface area contributed by atoms with Crippen LogP contribution in [-0.2, 0) is 0 Å². The molecule has 2 aromatic rings. The van der Waals surface area contributed by atoms with E-state index < -0.39 is 6.36 Å². The number of fused-ring (bicyclic) bond motifs is 1. The molecule has 0 atom stereocenters. The number of carbonyl (C=O) groups is 1. The summed E-state index contributed by atoms with van der Waals surface area (Å²) in [5.74, 6) is -0.333. The van der Waals surface area contributed by atoms with E-state index in [1.165, 1.54) is 12.1 Å². The molecular formula is C10H4ClF3O2S. The second-order valence-corrected chi connectivity index (χ2v) is 4.57. The Kier molecular flexibility index (Phi) is 3.01. The third kappa shape index (κ3) is 2.53. The summed E-state index contributed by atoms with van der Waals surface area (Å²) < 4.78 is 40.2. The van der Waals surface area contributed by atoms with E-state index in [1.807, 2.05) is 0 Å². The second-order valence-electron chi connectivity index (χ2n) is 3.10. The maximum Gasteiger partial charge on any atom is 0.573 e. The van der Waals surface area contributed by atoms with Gasteiger partial charge in [0, 0.05) is 10.1 Å². The number of benzene rings is 1. The highest BCUT2D eigenvalue weighted by atomic mass is 35.5. The lowest BCUT2D eigenvalue weighted by molar-refractivity contribution is -0.274. The summed E-state index contributed by atoms with van der Waals surface area (Å²) >= 11 is 6.88. The van der Waals surface area contributed by atoms with Crippen LogP contribution < -0.4 is 4.74 Å². The van der Waals surface area contributed by atoms with Gasteiger partial charge in [-0.05, 0) is 18.2 Å². The molecule has 0 saturated carbocycles. The van der Waals surface area contributed by atoms with Crippen LogP contribution in [0.3, 0.4) is 0 Å². The Bertz CT molecular complexity index is 577. The minimum absolute atomic E-state index is 0.249. The molecule has 0 bridgehead atoms. The molecule has 1 heterocycles. The standard InChI is InChI=1S/C10H4ClF3O2S/c11-9-6-2-1-5(16-10(12,13)14)3-7(6)17-8(9)4-15/h1-4H. The Morgan fingerprint density at radius 3 is 2.65 bits per heavy atom. The van der Waals surface area contributed by atoms with Gasteiger partial charge in [-0.15, -0.1) is 24.5 Å². The molecular weight excluding hydrogens is 277 g/mol. The van der Waals surface area contributed by atoms with E-state index in [1.54, 1.807) is 0 Å². The largest absolute Gasteiger partial charge is 0.573 e. The SMILES string of the molecule is O=Cc1sc2cc(OC(F)(F)F)ccc2c1Cl. The third-order valence-corrected chi connectivity index (χ3v) is 3.56. The lowest BCUT2D eigenvalue weighted by Crippen LogP contribution is -2.16. The van der Waals surface area contributed by atoms with Crippen LogP contribution >= 0.6 is 22.9 Å². The Morgan fingerprint density at radius 2 is 2.06 bits per heavy atom. The highest BCUT2D eigenvalue weighted by Gasteiger charge is 2.31. The van der Waals surface area contributed by atoms with E-state index in [4.69, 9.17) is 11.6 Å². The van der Waals surface area contributed by atoms with E-state index in [9.17, 15) is 18.0 Å². The van der Waals surface area contributed by atoms with Gasteiger partial charge < -0.3 is 4.74 Å². The first-order valence-electron chi connectivity index (χ1n) is 4.33. The normalized spacial score (nSPS) is 11.8. The molecule has 0 spiro atoms. The highest BCUT2D eigenvalue weighted by molar-refractivity contribution is 7.21. The Morgan fingerprint density at radius 1 is 1.35 bits per heavy atom. The Hall–Kier alpha value is -1.27. The number of hydrogen-bond acceptors (Lipinski definition) is 3. The number of alkyl halides is 3. The molecule has 0 saturated heterocycles. The van der Waals surface area contributed by atoms with Crippen molar-refractivity contribution in [3.05, 3.63) is 28.1 Å². The maximum absolute atomic E-state index is 12.0. The molecule has 90 valence electrons. The number of carbonyl (C=O) groups excluding carboxylic acids is 1. The zero-order valence-corrected chi connectivity index (χ0v) is 9.62. The van der Waals surface area contributed by atoms with Gasteiger partial charge in [0.15, 0.2) is 6.29 Å². The number of rotatable bonds is 2. The summed E-state index contributed by atoms with van der Waals surface area (Å²) in [6.07, 6.45) is -4.17. The molecule has 0 fully saturated rings. The lowest BCUT2D eigenvalue weighted by atomic mass is 10.2. The molecule has 17 heavy (non-hydrogen) atoms. The predicted molar refractivity (Wildman–Crippen MR) is 58.9 cm³/mol. The maximum atomic E-state index is 12.0. The van der Waals surface area contributed by atoms with Crippen molar-refractivity contribution >= 4 is 39.3 Å². The van der Waals surface area contributed by atoms with Crippen LogP contribution in [0.5, 0.6) is 5.75 Å². The highest BCUT2D eigenvalue weighted by Crippen LogP contribution is 2.37. The van der Waals surface area contributed by atoms with E-state index >= 15 is 0 Å². The van der Waals surface area contributed by atoms with Crippen LogP contribution in [0.1, 0.15) is 9.67 Å². The fourth-order valence-corrected chi connectivity index (χ4v) is 2.66. The molecule has 1 aromatic carbocycles. The molecule has 0 aliphatic heterocycles. The van der Waals surface area contributed by atoms with Gasteiger partial charge in [0.2, 0.25) is 0 Å². The minimum atomic E-state index is -4.73. The third-order valence-electron chi connectivity index (χ3n) is 1.97. The number of thiophene rings is 1. The van der Waals surface area contributed by atoms with Gasteiger partial charge in [-0.1, -0.05) is 11.6 Å². The molecule has 1 aromatic heterocycles. The molecule has 0 radical (unpaired) electrons. The number of halogens is 4. The first kappa shape index (κ1) is 12.2. The molecule has 0 amide bonds. The molecule has 0 aliphatic rings. The Labute approximate surface area is 103 Å². The fourth-order valence-electron chi connectivity index (χ4n) is 1.34. The van der Waals surface area contributed by atoms with Gasteiger partial charge in [-0.3, -0.25) is 4.79 Å².